The van der Waals surface area contributed by atoms with Crippen molar-refractivity contribution < 1.29 is 22.7 Å². The number of rotatable bonds is 7. The second-order valence-electron chi connectivity index (χ2n) is 5.73. The Morgan fingerprint density at radius 2 is 1.96 bits per heavy atom. The summed E-state index contributed by atoms with van der Waals surface area (Å²) in [5, 5.41) is 0. The number of anilines is 1. The molecule has 0 aromatic heterocycles. The van der Waals surface area contributed by atoms with Gasteiger partial charge in [-0.15, -0.1) is 0 Å². The van der Waals surface area contributed by atoms with Crippen molar-refractivity contribution in [1.29, 1.82) is 0 Å². The van der Waals surface area contributed by atoms with E-state index in [2.05, 4.69) is 4.72 Å². The van der Waals surface area contributed by atoms with Gasteiger partial charge in [-0.2, -0.15) is 0 Å². The van der Waals surface area contributed by atoms with Crippen molar-refractivity contribution in [1.82, 2.24) is 4.72 Å². The molecule has 0 bridgehead atoms. The lowest BCUT2D eigenvalue weighted by Gasteiger charge is -2.43. The van der Waals surface area contributed by atoms with Crippen LogP contribution in [-0.4, -0.2) is 53.3 Å². The van der Waals surface area contributed by atoms with Crippen LogP contribution in [0.2, 0.25) is 0 Å². The number of sulfonamides is 1. The molecule has 0 unspecified atom stereocenters. The number of nitrogens with one attached hydrogen (secondary N) is 1. The van der Waals surface area contributed by atoms with E-state index in [1.165, 1.54) is 24.0 Å². The zero-order chi connectivity index (χ0) is 17.9. The average Bonchev–Trinajstić information content (AvgIpc) is 2.53. The van der Waals surface area contributed by atoms with Gasteiger partial charge in [0, 0.05) is 33.4 Å². The summed E-state index contributed by atoms with van der Waals surface area (Å²) in [6.07, 6.45) is 0.207. The van der Waals surface area contributed by atoms with Crippen molar-refractivity contribution in [3.63, 3.8) is 0 Å². The number of hydrogen-bond acceptors (Lipinski definition) is 5. The Labute approximate surface area is 143 Å². The first-order valence-corrected chi connectivity index (χ1v) is 9.29. The molecule has 0 aliphatic heterocycles. The first-order chi connectivity index (χ1) is 11.3. The lowest BCUT2D eigenvalue weighted by molar-refractivity contribution is -0.126. The van der Waals surface area contributed by atoms with E-state index >= 15 is 0 Å². The monoisotopic (exact) mass is 356 g/mol. The van der Waals surface area contributed by atoms with E-state index in [1.807, 2.05) is 6.92 Å². The molecule has 0 heterocycles. The van der Waals surface area contributed by atoms with E-state index in [9.17, 15) is 13.2 Å². The van der Waals surface area contributed by atoms with Gasteiger partial charge >= 0.3 is 0 Å². The van der Waals surface area contributed by atoms with E-state index in [-0.39, 0.29) is 29.1 Å². The van der Waals surface area contributed by atoms with Crippen LogP contribution in [0.25, 0.3) is 0 Å². The van der Waals surface area contributed by atoms with Gasteiger partial charge in [0.15, 0.2) is 0 Å². The standard InChI is InChI=1S/C16H24N2O5S/c1-5-23-15-10-14(16(15)22-4)17-24(20,21)13-8-6-12(7-9-13)18(3)11(2)19/h6-9,14-17H,5,10H2,1-4H3/t14-,15-,16-/m1/s1. The Morgan fingerprint density at radius 1 is 1.33 bits per heavy atom. The summed E-state index contributed by atoms with van der Waals surface area (Å²) >= 11 is 0. The first-order valence-electron chi connectivity index (χ1n) is 7.81. The van der Waals surface area contributed by atoms with Gasteiger partial charge < -0.3 is 14.4 Å². The number of hydrogen-bond donors (Lipinski definition) is 1. The molecule has 1 aromatic rings. The lowest BCUT2D eigenvalue weighted by atomic mass is 9.86. The van der Waals surface area contributed by atoms with Gasteiger partial charge in [0.2, 0.25) is 15.9 Å². The highest BCUT2D eigenvalue weighted by Crippen LogP contribution is 2.28. The highest BCUT2D eigenvalue weighted by molar-refractivity contribution is 7.89. The first kappa shape index (κ1) is 18.9. The van der Waals surface area contributed by atoms with Crippen LogP contribution >= 0.6 is 0 Å². The minimum absolute atomic E-state index is 0.0840. The molecule has 0 spiro atoms. The van der Waals surface area contributed by atoms with Crippen LogP contribution in [0.5, 0.6) is 0 Å². The summed E-state index contributed by atoms with van der Waals surface area (Å²) in [5.41, 5.74) is 0.635. The molecule has 1 aliphatic rings. The highest BCUT2D eigenvalue weighted by Gasteiger charge is 2.44. The van der Waals surface area contributed by atoms with Crippen molar-refractivity contribution in [2.45, 2.75) is 43.4 Å². The Bertz CT molecular complexity index is 674. The number of carbonyl (C=O) groups is 1. The maximum absolute atomic E-state index is 12.5. The average molecular weight is 356 g/mol. The molecule has 134 valence electrons. The summed E-state index contributed by atoms with van der Waals surface area (Å²) < 4.78 is 38.5. The van der Waals surface area contributed by atoms with E-state index in [0.29, 0.717) is 18.7 Å². The molecule has 8 heteroatoms. The summed E-state index contributed by atoms with van der Waals surface area (Å²) in [5.74, 6) is -0.122. The lowest BCUT2D eigenvalue weighted by Crippen LogP contribution is -2.60. The summed E-state index contributed by atoms with van der Waals surface area (Å²) in [6.45, 7) is 3.90. The molecule has 1 aliphatic carbocycles. The zero-order valence-corrected chi connectivity index (χ0v) is 15.2. The molecule has 3 atom stereocenters. The molecular weight excluding hydrogens is 332 g/mol. The van der Waals surface area contributed by atoms with Crippen LogP contribution in [0.3, 0.4) is 0 Å². The number of amides is 1. The largest absolute Gasteiger partial charge is 0.377 e. The topological polar surface area (TPSA) is 84.9 Å². The van der Waals surface area contributed by atoms with Crippen molar-refractivity contribution in [2.75, 3.05) is 25.7 Å². The van der Waals surface area contributed by atoms with Gasteiger partial charge in [0.05, 0.1) is 23.1 Å². The predicted molar refractivity (Wildman–Crippen MR) is 90.5 cm³/mol. The fourth-order valence-electron chi connectivity index (χ4n) is 2.69. The molecule has 1 aromatic carbocycles. The summed E-state index contributed by atoms with van der Waals surface area (Å²) in [7, 11) is -0.474. The van der Waals surface area contributed by atoms with Gasteiger partial charge in [-0.05, 0) is 37.6 Å². The summed E-state index contributed by atoms with van der Waals surface area (Å²) in [4.78, 5) is 12.9. The minimum atomic E-state index is -3.65. The van der Waals surface area contributed by atoms with Crippen LogP contribution in [-0.2, 0) is 24.3 Å². The van der Waals surface area contributed by atoms with Gasteiger partial charge in [0.1, 0.15) is 0 Å². The van der Waals surface area contributed by atoms with Crippen LogP contribution in [0.1, 0.15) is 20.3 Å². The number of carbonyl (C=O) groups excluding carboxylic acids is 1. The normalized spacial score (nSPS) is 23.6. The fraction of sp³-hybridized carbons (Fsp3) is 0.562. The van der Waals surface area contributed by atoms with Gasteiger partial charge in [-0.1, -0.05) is 0 Å². The fourth-order valence-corrected chi connectivity index (χ4v) is 3.95. The third-order valence-electron chi connectivity index (χ3n) is 4.22. The van der Waals surface area contributed by atoms with Crippen LogP contribution in [0, 0.1) is 0 Å². The molecule has 2 rings (SSSR count). The summed E-state index contributed by atoms with van der Waals surface area (Å²) in [6, 6.07) is 5.87. The van der Waals surface area contributed by atoms with Crippen molar-refractivity contribution in [2.24, 2.45) is 0 Å². The molecule has 1 N–H and O–H groups in total. The third kappa shape index (κ3) is 3.94. The molecule has 24 heavy (non-hydrogen) atoms. The quantitative estimate of drug-likeness (QED) is 0.792. The minimum Gasteiger partial charge on any atom is -0.377 e. The molecule has 0 saturated heterocycles. The molecule has 1 saturated carbocycles. The molecule has 1 fully saturated rings. The number of benzene rings is 1. The maximum Gasteiger partial charge on any atom is 0.240 e. The molecular formula is C16H24N2O5S. The van der Waals surface area contributed by atoms with E-state index in [1.54, 1.807) is 26.3 Å². The SMILES string of the molecule is CCO[C@@H]1C[C@@H](NS(=O)(=O)c2ccc(N(C)C(C)=O)cc2)[C@H]1OC. The van der Waals surface area contributed by atoms with E-state index in [0.717, 1.165) is 0 Å². The van der Waals surface area contributed by atoms with Gasteiger partial charge in [-0.3, -0.25) is 4.79 Å². The third-order valence-corrected chi connectivity index (χ3v) is 5.72. The van der Waals surface area contributed by atoms with Crippen molar-refractivity contribution in [3.8, 4) is 0 Å². The van der Waals surface area contributed by atoms with Crippen LogP contribution < -0.4 is 9.62 Å². The number of methoxy groups -OCH3 is 1. The molecule has 0 radical (unpaired) electrons. The van der Waals surface area contributed by atoms with Crippen molar-refractivity contribution >= 4 is 21.6 Å². The molecule has 7 nitrogen and oxygen atoms in total. The number of nitrogens with zero attached hydrogens (tertiary/aromatic N) is 1. The predicted octanol–water partition coefficient (Wildman–Crippen LogP) is 1.14. The Hall–Kier alpha value is -1.48. The highest BCUT2D eigenvalue weighted by atomic mass is 32.2. The van der Waals surface area contributed by atoms with Gasteiger partial charge in [-0.25, -0.2) is 13.1 Å². The maximum atomic E-state index is 12.5. The second-order valence-corrected chi connectivity index (χ2v) is 7.44. The van der Waals surface area contributed by atoms with E-state index < -0.39 is 10.0 Å². The Balaban J connectivity index is 2.07. The van der Waals surface area contributed by atoms with Crippen molar-refractivity contribution in [3.05, 3.63) is 24.3 Å². The van der Waals surface area contributed by atoms with Gasteiger partial charge in [0.25, 0.3) is 0 Å². The van der Waals surface area contributed by atoms with Crippen LogP contribution in [0.15, 0.2) is 29.2 Å². The Morgan fingerprint density at radius 3 is 2.46 bits per heavy atom. The Kier molecular flexibility index (Phi) is 5.97. The zero-order valence-electron chi connectivity index (χ0n) is 14.4. The van der Waals surface area contributed by atoms with E-state index in [4.69, 9.17) is 9.47 Å². The smallest absolute Gasteiger partial charge is 0.240 e. The molecule has 1 amide bonds. The number of ether oxygens (including phenoxy) is 2. The second kappa shape index (κ2) is 7.60. The van der Waals surface area contributed by atoms with Crippen LogP contribution in [0.4, 0.5) is 5.69 Å².